The van der Waals surface area contributed by atoms with Crippen molar-refractivity contribution >= 4 is 0 Å². The van der Waals surface area contributed by atoms with E-state index in [4.69, 9.17) is 19.3 Å². The van der Waals surface area contributed by atoms with E-state index in [-0.39, 0.29) is 25.9 Å². The van der Waals surface area contributed by atoms with Gasteiger partial charge < -0.3 is 24.4 Å². The molecule has 2 unspecified atom stereocenters. The normalized spacial score (nSPS) is 23.8. The fraction of sp³-hybridized carbons (Fsp3) is 1.00. The van der Waals surface area contributed by atoms with Gasteiger partial charge in [-0.3, -0.25) is 4.90 Å². The highest BCUT2D eigenvalue weighted by atomic mass is 16.5. The van der Waals surface area contributed by atoms with Crippen LogP contribution < -0.4 is 0 Å². The van der Waals surface area contributed by atoms with Gasteiger partial charge in [0.2, 0.25) is 0 Å². The number of ether oxygens (including phenoxy) is 3. The summed E-state index contributed by atoms with van der Waals surface area (Å²) in [5.41, 5.74) is 0. The predicted molar refractivity (Wildman–Crippen MR) is 62.0 cm³/mol. The Kier molecular flexibility index (Phi) is 7.67. The fourth-order valence-corrected chi connectivity index (χ4v) is 1.85. The molecule has 1 aliphatic heterocycles. The van der Waals surface area contributed by atoms with Crippen LogP contribution in [0.25, 0.3) is 0 Å². The highest BCUT2D eigenvalue weighted by Gasteiger charge is 2.22. The quantitative estimate of drug-likeness (QED) is 0.557. The molecule has 0 aliphatic carbocycles. The third-order valence-corrected chi connectivity index (χ3v) is 2.72. The summed E-state index contributed by atoms with van der Waals surface area (Å²) in [6.45, 7) is 3.94. The summed E-state index contributed by atoms with van der Waals surface area (Å²) in [5.74, 6) is 0. The molecule has 0 radical (unpaired) electrons. The smallest absolute Gasteiger partial charge is 0.101 e. The summed E-state index contributed by atoms with van der Waals surface area (Å²) >= 11 is 0. The minimum atomic E-state index is -0.587. The maximum absolute atomic E-state index is 9.41. The number of rotatable bonds is 8. The SMILES string of the molecule is COCC(O)COCC1COCCN1CCO. The first-order valence-corrected chi connectivity index (χ1v) is 5.95. The van der Waals surface area contributed by atoms with Crippen LogP contribution in [0.4, 0.5) is 0 Å². The van der Waals surface area contributed by atoms with Gasteiger partial charge in [-0.1, -0.05) is 0 Å². The molecule has 6 nitrogen and oxygen atoms in total. The van der Waals surface area contributed by atoms with E-state index in [1.54, 1.807) is 7.11 Å². The van der Waals surface area contributed by atoms with Gasteiger partial charge in [-0.15, -0.1) is 0 Å². The number of morpholine rings is 1. The van der Waals surface area contributed by atoms with Crippen molar-refractivity contribution in [3.63, 3.8) is 0 Å². The van der Waals surface area contributed by atoms with Crippen molar-refractivity contribution in [3.05, 3.63) is 0 Å². The number of nitrogens with zero attached hydrogens (tertiary/aromatic N) is 1. The molecular formula is C11H23NO5. The van der Waals surface area contributed by atoms with Crippen molar-refractivity contribution in [3.8, 4) is 0 Å². The van der Waals surface area contributed by atoms with Crippen LogP contribution in [0.3, 0.4) is 0 Å². The van der Waals surface area contributed by atoms with Gasteiger partial charge in [0.25, 0.3) is 0 Å². The molecule has 17 heavy (non-hydrogen) atoms. The van der Waals surface area contributed by atoms with Crippen LogP contribution in [0.5, 0.6) is 0 Å². The molecule has 2 N–H and O–H groups in total. The third-order valence-electron chi connectivity index (χ3n) is 2.72. The summed E-state index contributed by atoms with van der Waals surface area (Å²) in [7, 11) is 1.54. The van der Waals surface area contributed by atoms with Crippen molar-refractivity contribution in [2.45, 2.75) is 12.1 Å². The number of aliphatic hydroxyl groups is 2. The third kappa shape index (κ3) is 5.76. The largest absolute Gasteiger partial charge is 0.395 e. The second kappa shape index (κ2) is 8.79. The van der Waals surface area contributed by atoms with Gasteiger partial charge >= 0.3 is 0 Å². The Hall–Kier alpha value is -0.240. The molecule has 6 heteroatoms. The van der Waals surface area contributed by atoms with Crippen LogP contribution in [0.1, 0.15) is 0 Å². The van der Waals surface area contributed by atoms with Gasteiger partial charge in [0, 0.05) is 20.2 Å². The molecule has 0 saturated carbocycles. The van der Waals surface area contributed by atoms with E-state index >= 15 is 0 Å². The molecule has 1 saturated heterocycles. The number of hydrogen-bond donors (Lipinski definition) is 2. The van der Waals surface area contributed by atoms with E-state index in [0.29, 0.717) is 26.4 Å². The Balaban J connectivity index is 2.18. The first-order chi connectivity index (χ1) is 8.27. The number of β-amino-alcohol motifs (C(OH)–C–C–N with tert-alkyl or cyclic N) is 1. The fourth-order valence-electron chi connectivity index (χ4n) is 1.85. The van der Waals surface area contributed by atoms with E-state index in [1.807, 2.05) is 0 Å². The zero-order valence-electron chi connectivity index (χ0n) is 10.4. The lowest BCUT2D eigenvalue weighted by atomic mass is 10.2. The summed E-state index contributed by atoms with van der Waals surface area (Å²) in [4.78, 5) is 2.15. The predicted octanol–water partition coefficient (Wildman–Crippen LogP) is -1.30. The van der Waals surface area contributed by atoms with Crippen LogP contribution >= 0.6 is 0 Å². The average molecular weight is 249 g/mol. The molecule has 102 valence electrons. The molecule has 2 atom stereocenters. The van der Waals surface area contributed by atoms with Gasteiger partial charge in [0.15, 0.2) is 0 Å². The van der Waals surface area contributed by atoms with E-state index in [0.717, 1.165) is 6.54 Å². The molecule has 1 aliphatic rings. The van der Waals surface area contributed by atoms with Crippen molar-refractivity contribution in [1.82, 2.24) is 4.90 Å². The maximum Gasteiger partial charge on any atom is 0.101 e. The average Bonchev–Trinajstić information content (AvgIpc) is 2.32. The molecule has 1 rings (SSSR count). The van der Waals surface area contributed by atoms with E-state index in [2.05, 4.69) is 4.90 Å². The lowest BCUT2D eigenvalue weighted by Crippen LogP contribution is -2.49. The summed E-state index contributed by atoms with van der Waals surface area (Å²) in [6, 6.07) is 0.158. The van der Waals surface area contributed by atoms with E-state index < -0.39 is 6.10 Å². The molecule has 0 aromatic heterocycles. The van der Waals surface area contributed by atoms with Gasteiger partial charge in [0.1, 0.15) is 6.10 Å². The number of aliphatic hydroxyl groups excluding tert-OH is 2. The van der Waals surface area contributed by atoms with Crippen molar-refractivity contribution in [2.24, 2.45) is 0 Å². The highest BCUT2D eigenvalue weighted by Crippen LogP contribution is 2.07. The Labute approximate surface area is 102 Å². The second-order valence-electron chi connectivity index (χ2n) is 4.13. The molecule has 0 spiro atoms. The van der Waals surface area contributed by atoms with E-state index in [9.17, 15) is 5.11 Å². The lowest BCUT2D eigenvalue weighted by molar-refractivity contribution is -0.0657. The molecular weight excluding hydrogens is 226 g/mol. The van der Waals surface area contributed by atoms with Gasteiger partial charge in [-0.25, -0.2) is 0 Å². The monoisotopic (exact) mass is 249 g/mol. The van der Waals surface area contributed by atoms with Crippen LogP contribution in [-0.4, -0.2) is 87.1 Å². The van der Waals surface area contributed by atoms with Crippen molar-refractivity contribution < 1.29 is 24.4 Å². The molecule has 0 aromatic rings. The zero-order chi connectivity index (χ0) is 12.5. The Morgan fingerprint density at radius 1 is 1.47 bits per heavy atom. The summed E-state index contributed by atoms with van der Waals surface area (Å²) < 4.78 is 15.6. The van der Waals surface area contributed by atoms with Crippen molar-refractivity contribution in [2.75, 3.05) is 59.8 Å². The van der Waals surface area contributed by atoms with Gasteiger partial charge in [0.05, 0.1) is 45.7 Å². The van der Waals surface area contributed by atoms with Gasteiger partial charge in [-0.2, -0.15) is 0 Å². The minimum absolute atomic E-state index is 0.142. The Morgan fingerprint density at radius 3 is 3.00 bits per heavy atom. The molecule has 0 aromatic carbocycles. The first kappa shape index (κ1) is 14.8. The summed E-state index contributed by atoms with van der Waals surface area (Å²) in [5, 5.41) is 18.4. The molecule has 0 bridgehead atoms. The Bertz CT molecular complexity index is 191. The molecule has 1 fully saturated rings. The number of hydrogen-bond acceptors (Lipinski definition) is 6. The molecule has 0 amide bonds. The van der Waals surface area contributed by atoms with E-state index in [1.165, 1.54) is 0 Å². The van der Waals surface area contributed by atoms with Gasteiger partial charge in [-0.05, 0) is 0 Å². The van der Waals surface area contributed by atoms with Crippen molar-refractivity contribution in [1.29, 1.82) is 0 Å². The molecule has 1 heterocycles. The standard InChI is InChI=1S/C11H23NO5/c1-15-8-11(14)9-17-7-10-6-16-5-3-12(10)2-4-13/h10-11,13-14H,2-9H2,1H3. The number of methoxy groups -OCH3 is 1. The Morgan fingerprint density at radius 2 is 2.29 bits per heavy atom. The van der Waals surface area contributed by atoms with Crippen LogP contribution in [0.15, 0.2) is 0 Å². The van der Waals surface area contributed by atoms with Crippen LogP contribution in [0, 0.1) is 0 Å². The first-order valence-electron chi connectivity index (χ1n) is 5.95. The topological polar surface area (TPSA) is 71.4 Å². The second-order valence-corrected chi connectivity index (χ2v) is 4.13. The zero-order valence-corrected chi connectivity index (χ0v) is 10.4. The lowest BCUT2D eigenvalue weighted by Gasteiger charge is -2.34. The van der Waals surface area contributed by atoms with Crippen LogP contribution in [-0.2, 0) is 14.2 Å². The summed E-state index contributed by atoms with van der Waals surface area (Å²) in [6.07, 6.45) is -0.587. The maximum atomic E-state index is 9.41. The van der Waals surface area contributed by atoms with Crippen LogP contribution in [0.2, 0.25) is 0 Å². The minimum Gasteiger partial charge on any atom is -0.395 e. The highest BCUT2D eigenvalue weighted by molar-refractivity contribution is 4.74.